The zero-order valence-electron chi connectivity index (χ0n) is 17.4. The van der Waals surface area contributed by atoms with Crippen LogP contribution in [0.25, 0.3) is 0 Å². The van der Waals surface area contributed by atoms with Gasteiger partial charge in [0.25, 0.3) is 5.91 Å². The Morgan fingerprint density at radius 1 is 1.03 bits per heavy atom. The quantitative estimate of drug-likeness (QED) is 0.524. The van der Waals surface area contributed by atoms with Crippen molar-refractivity contribution < 1.29 is 45.7 Å². The predicted molar refractivity (Wildman–Crippen MR) is 109 cm³/mol. The summed E-state index contributed by atoms with van der Waals surface area (Å²) < 4.78 is 68.6. The van der Waals surface area contributed by atoms with Crippen molar-refractivity contribution in [1.82, 2.24) is 0 Å². The van der Waals surface area contributed by atoms with Gasteiger partial charge in [-0.15, -0.1) is 0 Å². The molecule has 0 aliphatic carbocycles. The average molecular weight is 473 g/mol. The molecule has 0 aromatic heterocycles. The number of carbonyl (C=O) groups is 2. The molecule has 0 saturated heterocycles. The van der Waals surface area contributed by atoms with Crippen molar-refractivity contribution in [3.8, 4) is 11.5 Å². The Bertz CT molecular complexity index is 1070. The Balaban J connectivity index is 2.36. The molecule has 1 amide bonds. The fourth-order valence-electron chi connectivity index (χ4n) is 2.61. The van der Waals surface area contributed by atoms with Crippen molar-refractivity contribution in [2.24, 2.45) is 0 Å². The van der Waals surface area contributed by atoms with Gasteiger partial charge in [0, 0.05) is 24.8 Å². The molecule has 9 nitrogen and oxygen atoms in total. The normalized spacial score (nSPS) is 11.2. The third kappa shape index (κ3) is 6.14. The maximum atomic E-state index is 12.7. The Morgan fingerprint density at radius 2 is 1.69 bits per heavy atom. The van der Waals surface area contributed by atoms with Crippen molar-refractivity contribution in [2.75, 3.05) is 39.0 Å². The highest BCUT2D eigenvalue weighted by Crippen LogP contribution is 2.35. The number of methoxy groups -OCH3 is 3. The second-order valence-electron chi connectivity index (χ2n) is 6.21. The number of anilines is 1. The molecule has 0 bridgehead atoms. The smallest absolute Gasteiger partial charge is 0.387 e. The topological polar surface area (TPSA) is 117 Å². The van der Waals surface area contributed by atoms with Gasteiger partial charge in [0.15, 0.2) is 21.3 Å². The van der Waals surface area contributed by atoms with E-state index in [0.29, 0.717) is 0 Å². The van der Waals surface area contributed by atoms with Crippen LogP contribution in [0.1, 0.15) is 20.7 Å². The molecule has 0 heterocycles. The number of benzene rings is 2. The van der Waals surface area contributed by atoms with Gasteiger partial charge in [0.2, 0.25) is 0 Å². The van der Waals surface area contributed by atoms with Crippen LogP contribution in [0.3, 0.4) is 0 Å². The van der Waals surface area contributed by atoms with E-state index < -0.39 is 34.1 Å². The number of halogens is 2. The molecular formula is C20H21F2NO8S. The summed E-state index contributed by atoms with van der Waals surface area (Å²) in [4.78, 5) is 24.7. The van der Waals surface area contributed by atoms with E-state index in [0.717, 1.165) is 19.2 Å². The van der Waals surface area contributed by atoms with Gasteiger partial charge in [-0.05, 0) is 24.3 Å². The minimum absolute atomic E-state index is 0.00147. The molecule has 0 aliphatic rings. The lowest BCUT2D eigenvalue weighted by Crippen LogP contribution is -2.17. The van der Waals surface area contributed by atoms with Crippen molar-refractivity contribution in [3.05, 3.63) is 47.5 Å². The molecule has 2 rings (SSSR count). The molecule has 0 atom stereocenters. The molecular weight excluding hydrogens is 452 g/mol. The SMILES string of the molecule is COCCS(=O)(=O)c1ccc(C(=O)Nc2cc(OC(F)F)c(OC)cc2C(=O)OC)cc1. The van der Waals surface area contributed by atoms with Crippen LogP contribution in [0.15, 0.2) is 41.3 Å². The summed E-state index contributed by atoms with van der Waals surface area (Å²) in [7, 11) is 0.0817. The fraction of sp³-hybridized carbons (Fsp3) is 0.300. The first-order chi connectivity index (χ1) is 15.1. The number of sulfone groups is 1. The summed E-state index contributed by atoms with van der Waals surface area (Å²) in [6.45, 7) is -3.16. The second-order valence-corrected chi connectivity index (χ2v) is 8.32. The molecule has 0 spiro atoms. The summed E-state index contributed by atoms with van der Waals surface area (Å²) in [5.41, 5.74) is -0.285. The number of alkyl halides is 2. The van der Waals surface area contributed by atoms with Crippen LogP contribution in [0.4, 0.5) is 14.5 Å². The minimum atomic E-state index is -3.59. The lowest BCUT2D eigenvalue weighted by atomic mass is 10.1. The maximum absolute atomic E-state index is 12.7. The third-order valence-corrected chi connectivity index (χ3v) is 5.90. The van der Waals surface area contributed by atoms with E-state index in [1.54, 1.807) is 0 Å². The lowest BCUT2D eigenvalue weighted by molar-refractivity contribution is -0.0511. The largest absolute Gasteiger partial charge is 0.493 e. The van der Waals surface area contributed by atoms with E-state index in [2.05, 4.69) is 14.8 Å². The van der Waals surface area contributed by atoms with E-state index in [4.69, 9.17) is 9.47 Å². The summed E-state index contributed by atoms with van der Waals surface area (Å²) in [6, 6.07) is 7.13. The Hall–Kier alpha value is -3.25. The predicted octanol–water partition coefficient (Wildman–Crippen LogP) is 2.76. The van der Waals surface area contributed by atoms with Gasteiger partial charge in [0.05, 0.1) is 42.7 Å². The first-order valence-electron chi connectivity index (χ1n) is 9.01. The van der Waals surface area contributed by atoms with Crippen molar-refractivity contribution in [2.45, 2.75) is 11.5 Å². The highest BCUT2D eigenvalue weighted by atomic mass is 32.2. The third-order valence-electron chi connectivity index (χ3n) is 4.21. The number of ether oxygens (including phenoxy) is 4. The number of hydrogen-bond acceptors (Lipinski definition) is 8. The van der Waals surface area contributed by atoms with Gasteiger partial charge < -0.3 is 24.3 Å². The number of nitrogens with one attached hydrogen (secondary N) is 1. The lowest BCUT2D eigenvalue weighted by Gasteiger charge is -2.15. The molecule has 0 radical (unpaired) electrons. The monoisotopic (exact) mass is 473 g/mol. The van der Waals surface area contributed by atoms with Gasteiger partial charge in [-0.3, -0.25) is 4.79 Å². The average Bonchev–Trinajstić information content (AvgIpc) is 2.77. The van der Waals surface area contributed by atoms with Crippen LogP contribution in [-0.4, -0.2) is 60.6 Å². The highest BCUT2D eigenvalue weighted by Gasteiger charge is 2.22. The zero-order valence-corrected chi connectivity index (χ0v) is 18.2. The van der Waals surface area contributed by atoms with Crippen LogP contribution < -0.4 is 14.8 Å². The van der Waals surface area contributed by atoms with Gasteiger partial charge in [-0.1, -0.05) is 0 Å². The Kier molecular flexibility index (Phi) is 8.49. The number of amides is 1. The van der Waals surface area contributed by atoms with Crippen LogP contribution in [-0.2, 0) is 19.3 Å². The maximum Gasteiger partial charge on any atom is 0.387 e. The van der Waals surface area contributed by atoms with E-state index >= 15 is 0 Å². The molecule has 0 unspecified atom stereocenters. The molecule has 2 aromatic rings. The van der Waals surface area contributed by atoms with E-state index in [9.17, 15) is 26.8 Å². The molecule has 0 aliphatic heterocycles. The first kappa shape index (κ1) is 25.0. The molecule has 12 heteroatoms. The van der Waals surface area contributed by atoms with Crippen molar-refractivity contribution in [1.29, 1.82) is 0 Å². The molecule has 32 heavy (non-hydrogen) atoms. The van der Waals surface area contributed by atoms with Crippen molar-refractivity contribution in [3.63, 3.8) is 0 Å². The molecule has 174 valence electrons. The molecule has 1 N–H and O–H groups in total. The van der Waals surface area contributed by atoms with E-state index in [1.807, 2.05) is 0 Å². The van der Waals surface area contributed by atoms with Crippen LogP contribution in [0.2, 0.25) is 0 Å². The summed E-state index contributed by atoms with van der Waals surface area (Å²) in [5, 5.41) is 2.41. The standard InChI is InChI=1S/C20H21F2NO8S/c1-28-8-9-32(26,27)13-6-4-12(5-7-13)18(24)23-15-11-17(31-20(21)22)16(29-2)10-14(15)19(25)30-3/h4-7,10-11,20H,8-9H2,1-3H3,(H,23,24). The molecule has 0 saturated carbocycles. The van der Waals surface area contributed by atoms with Gasteiger partial charge in [-0.25, -0.2) is 13.2 Å². The van der Waals surface area contributed by atoms with E-state index in [-0.39, 0.29) is 39.8 Å². The van der Waals surface area contributed by atoms with Gasteiger partial charge in [0.1, 0.15) is 0 Å². The summed E-state index contributed by atoms with van der Waals surface area (Å²) >= 11 is 0. The van der Waals surface area contributed by atoms with Crippen LogP contribution in [0.5, 0.6) is 11.5 Å². The zero-order chi connectivity index (χ0) is 23.9. The summed E-state index contributed by atoms with van der Waals surface area (Å²) in [5.74, 6) is -2.40. The fourth-order valence-corrected chi connectivity index (χ4v) is 3.78. The Morgan fingerprint density at radius 3 is 2.22 bits per heavy atom. The minimum Gasteiger partial charge on any atom is -0.493 e. The Labute approximate surface area is 183 Å². The number of rotatable bonds is 10. The molecule has 0 fully saturated rings. The number of esters is 1. The number of hydrogen-bond donors (Lipinski definition) is 1. The van der Waals surface area contributed by atoms with Crippen LogP contribution in [0, 0.1) is 0 Å². The van der Waals surface area contributed by atoms with E-state index in [1.165, 1.54) is 38.5 Å². The first-order valence-corrected chi connectivity index (χ1v) is 10.7. The molecule has 2 aromatic carbocycles. The van der Waals surface area contributed by atoms with Gasteiger partial charge >= 0.3 is 12.6 Å². The van der Waals surface area contributed by atoms with Crippen LogP contribution >= 0.6 is 0 Å². The highest BCUT2D eigenvalue weighted by molar-refractivity contribution is 7.91. The van der Waals surface area contributed by atoms with Crippen molar-refractivity contribution >= 4 is 27.4 Å². The number of carbonyl (C=O) groups excluding carboxylic acids is 2. The summed E-state index contributed by atoms with van der Waals surface area (Å²) in [6.07, 6.45) is 0. The second kappa shape index (κ2) is 10.9. The van der Waals surface area contributed by atoms with Gasteiger partial charge in [-0.2, -0.15) is 8.78 Å².